The Morgan fingerprint density at radius 3 is 2.25 bits per heavy atom. The molecule has 0 saturated heterocycles. The van der Waals surface area contributed by atoms with E-state index in [0.717, 1.165) is 5.56 Å². The van der Waals surface area contributed by atoms with Crippen LogP contribution in [0.15, 0.2) is 48.5 Å². The van der Waals surface area contributed by atoms with Crippen molar-refractivity contribution in [2.45, 2.75) is 4.83 Å². The van der Waals surface area contributed by atoms with Crippen molar-refractivity contribution in [1.82, 2.24) is 0 Å². The first-order chi connectivity index (χ1) is 7.68. The molecule has 0 radical (unpaired) electrons. The van der Waals surface area contributed by atoms with Crippen LogP contribution in [-0.2, 0) is 0 Å². The molecule has 0 aromatic heterocycles. The van der Waals surface area contributed by atoms with Crippen molar-refractivity contribution in [3.63, 3.8) is 0 Å². The normalized spacial score (nSPS) is 12.4. The van der Waals surface area contributed by atoms with Crippen LogP contribution < -0.4 is 0 Å². The minimum Gasteiger partial charge on any atom is -0.207 e. The van der Waals surface area contributed by atoms with Crippen molar-refractivity contribution < 1.29 is 4.39 Å². The molecule has 0 spiro atoms. The first kappa shape index (κ1) is 11.6. The van der Waals surface area contributed by atoms with Gasteiger partial charge in [0.1, 0.15) is 5.82 Å². The average molecular weight is 300 g/mol. The molecule has 2 rings (SSSR count). The van der Waals surface area contributed by atoms with E-state index in [9.17, 15) is 4.39 Å². The quantitative estimate of drug-likeness (QED) is 0.687. The SMILES string of the molecule is Fc1ccccc1C(Br)c1ccc(Cl)cc1. The fourth-order valence-electron chi connectivity index (χ4n) is 1.49. The molecule has 1 atom stereocenters. The third-order valence-electron chi connectivity index (χ3n) is 2.34. The second-order valence-electron chi connectivity index (χ2n) is 3.44. The summed E-state index contributed by atoms with van der Waals surface area (Å²) in [6, 6.07) is 14.1. The molecule has 82 valence electrons. The minimum absolute atomic E-state index is 0.147. The van der Waals surface area contributed by atoms with E-state index in [-0.39, 0.29) is 10.6 Å². The molecule has 0 aliphatic heterocycles. The summed E-state index contributed by atoms with van der Waals surface area (Å²) in [4.78, 5) is -0.147. The summed E-state index contributed by atoms with van der Waals surface area (Å²) in [5.74, 6) is -0.209. The molecule has 0 nitrogen and oxygen atoms in total. The van der Waals surface area contributed by atoms with E-state index in [0.29, 0.717) is 10.6 Å². The third-order valence-corrected chi connectivity index (χ3v) is 3.61. The third kappa shape index (κ3) is 2.45. The van der Waals surface area contributed by atoms with Crippen molar-refractivity contribution >= 4 is 27.5 Å². The van der Waals surface area contributed by atoms with Crippen LogP contribution >= 0.6 is 27.5 Å². The Bertz CT molecular complexity index is 482. The lowest BCUT2D eigenvalue weighted by atomic mass is 10.0. The first-order valence-electron chi connectivity index (χ1n) is 4.82. The van der Waals surface area contributed by atoms with Gasteiger partial charge in [-0.2, -0.15) is 0 Å². The number of hydrogen-bond donors (Lipinski definition) is 0. The highest BCUT2D eigenvalue weighted by molar-refractivity contribution is 9.09. The maximum absolute atomic E-state index is 13.5. The molecule has 0 amide bonds. The molecule has 3 heteroatoms. The zero-order chi connectivity index (χ0) is 11.5. The maximum Gasteiger partial charge on any atom is 0.127 e. The molecule has 0 fully saturated rings. The largest absolute Gasteiger partial charge is 0.207 e. The smallest absolute Gasteiger partial charge is 0.127 e. The summed E-state index contributed by atoms with van der Waals surface area (Å²) in [5.41, 5.74) is 1.61. The van der Waals surface area contributed by atoms with Gasteiger partial charge in [0.2, 0.25) is 0 Å². The molecular weight excluding hydrogens is 290 g/mol. The fourth-order valence-corrected chi connectivity index (χ4v) is 2.29. The molecule has 0 aliphatic rings. The molecule has 0 heterocycles. The molecule has 0 bridgehead atoms. The van der Waals surface area contributed by atoms with Crippen molar-refractivity contribution in [2.24, 2.45) is 0 Å². The molecule has 2 aromatic rings. The maximum atomic E-state index is 13.5. The summed E-state index contributed by atoms with van der Waals surface area (Å²) in [6.07, 6.45) is 0. The van der Waals surface area contributed by atoms with Crippen LogP contribution in [0.3, 0.4) is 0 Å². The van der Waals surface area contributed by atoms with Crippen LogP contribution in [-0.4, -0.2) is 0 Å². The fraction of sp³-hybridized carbons (Fsp3) is 0.0769. The summed E-state index contributed by atoms with van der Waals surface area (Å²) in [6.45, 7) is 0. The highest BCUT2D eigenvalue weighted by atomic mass is 79.9. The van der Waals surface area contributed by atoms with Crippen LogP contribution in [0.4, 0.5) is 4.39 Å². The predicted molar refractivity (Wildman–Crippen MR) is 68.6 cm³/mol. The zero-order valence-corrected chi connectivity index (χ0v) is 10.7. The van der Waals surface area contributed by atoms with E-state index in [4.69, 9.17) is 11.6 Å². The van der Waals surface area contributed by atoms with E-state index in [1.807, 2.05) is 18.2 Å². The first-order valence-corrected chi connectivity index (χ1v) is 6.12. The average Bonchev–Trinajstić information content (AvgIpc) is 2.30. The standard InChI is InChI=1S/C13H9BrClF/c14-13(9-5-7-10(15)8-6-9)11-3-1-2-4-12(11)16/h1-8,13H. The molecule has 16 heavy (non-hydrogen) atoms. The molecule has 0 aliphatic carbocycles. The van der Waals surface area contributed by atoms with Crippen LogP contribution in [0.25, 0.3) is 0 Å². The zero-order valence-electron chi connectivity index (χ0n) is 8.33. The van der Waals surface area contributed by atoms with Crippen LogP contribution in [0, 0.1) is 5.82 Å². The van der Waals surface area contributed by atoms with Gasteiger partial charge in [0.25, 0.3) is 0 Å². The summed E-state index contributed by atoms with van der Waals surface area (Å²) in [5, 5.41) is 0.678. The van der Waals surface area contributed by atoms with E-state index >= 15 is 0 Å². The molecule has 1 unspecified atom stereocenters. The second kappa shape index (κ2) is 4.98. The van der Waals surface area contributed by atoms with Gasteiger partial charge in [0.05, 0.1) is 4.83 Å². The minimum atomic E-state index is -0.209. The highest BCUT2D eigenvalue weighted by Gasteiger charge is 2.13. The van der Waals surface area contributed by atoms with Gasteiger partial charge in [0, 0.05) is 10.6 Å². The van der Waals surface area contributed by atoms with E-state index in [1.54, 1.807) is 24.3 Å². The summed E-state index contributed by atoms with van der Waals surface area (Å²) < 4.78 is 13.5. The molecular formula is C13H9BrClF. The van der Waals surface area contributed by atoms with Gasteiger partial charge in [-0.1, -0.05) is 57.9 Å². The van der Waals surface area contributed by atoms with E-state index in [1.165, 1.54) is 6.07 Å². The number of rotatable bonds is 2. The monoisotopic (exact) mass is 298 g/mol. The molecule has 0 N–H and O–H groups in total. The number of hydrogen-bond acceptors (Lipinski definition) is 0. The van der Waals surface area contributed by atoms with Gasteiger partial charge in [-0.05, 0) is 23.8 Å². The van der Waals surface area contributed by atoms with E-state index in [2.05, 4.69) is 15.9 Å². The Morgan fingerprint density at radius 1 is 1.00 bits per heavy atom. The number of alkyl halides is 1. The molecule has 2 aromatic carbocycles. The lowest BCUT2D eigenvalue weighted by Crippen LogP contribution is -1.95. The van der Waals surface area contributed by atoms with Crippen LogP contribution in [0.1, 0.15) is 16.0 Å². The van der Waals surface area contributed by atoms with Crippen molar-refractivity contribution in [2.75, 3.05) is 0 Å². The van der Waals surface area contributed by atoms with Gasteiger partial charge in [-0.15, -0.1) is 0 Å². The number of benzene rings is 2. The Morgan fingerprint density at radius 2 is 1.62 bits per heavy atom. The Labute approximate surface area is 107 Å². The van der Waals surface area contributed by atoms with Gasteiger partial charge < -0.3 is 0 Å². The summed E-state index contributed by atoms with van der Waals surface area (Å²) >= 11 is 9.29. The Hall–Kier alpha value is -0.860. The predicted octanol–water partition coefficient (Wildman–Crippen LogP) is 4.96. The molecule has 0 saturated carbocycles. The lowest BCUT2D eigenvalue weighted by molar-refractivity contribution is 0.613. The van der Waals surface area contributed by atoms with Gasteiger partial charge >= 0.3 is 0 Å². The Balaban J connectivity index is 2.35. The van der Waals surface area contributed by atoms with Crippen LogP contribution in [0.2, 0.25) is 5.02 Å². The van der Waals surface area contributed by atoms with Gasteiger partial charge in [0.15, 0.2) is 0 Å². The van der Waals surface area contributed by atoms with Crippen LogP contribution in [0.5, 0.6) is 0 Å². The van der Waals surface area contributed by atoms with Crippen molar-refractivity contribution in [3.8, 4) is 0 Å². The van der Waals surface area contributed by atoms with Crippen molar-refractivity contribution in [3.05, 3.63) is 70.5 Å². The van der Waals surface area contributed by atoms with Gasteiger partial charge in [-0.3, -0.25) is 0 Å². The highest BCUT2D eigenvalue weighted by Crippen LogP contribution is 2.32. The Kier molecular flexibility index (Phi) is 3.62. The number of halogens is 3. The van der Waals surface area contributed by atoms with Crippen molar-refractivity contribution in [1.29, 1.82) is 0 Å². The lowest BCUT2D eigenvalue weighted by Gasteiger charge is -2.11. The second-order valence-corrected chi connectivity index (χ2v) is 4.79. The van der Waals surface area contributed by atoms with Gasteiger partial charge in [-0.25, -0.2) is 4.39 Å². The summed E-state index contributed by atoms with van der Waals surface area (Å²) in [7, 11) is 0. The van der Waals surface area contributed by atoms with E-state index < -0.39 is 0 Å². The topological polar surface area (TPSA) is 0 Å².